The van der Waals surface area contributed by atoms with E-state index < -0.39 is 11.9 Å². The zero-order valence-electron chi connectivity index (χ0n) is 14.1. The van der Waals surface area contributed by atoms with Gasteiger partial charge in [-0.25, -0.2) is 0 Å². The molecule has 1 atom stereocenters. The number of carbonyl (C=O) groups is 3. The summed E-state index contributed by atoms with van der Waals surface area (Å²) in [5.74, 6) is -1.77. The van der Waals surface area contributed by atoms with E-state index in [0.717, 1.165) is 5.56 Å². The lowest BCUT2D eigenvalue weighted by Crippen LogP contribution is -2.47. The lowest BCUT2D eigenvalue weighted by molar-refractivity contribution is -0.151. The van der Waals surface area contributed by atoms with E-state index in [1.54, 1.807) is 17.0 Å². The van der Waals surface area contributed by atoms with Gasteiger partial charge in [-0.3, -0.25) is 14.4 Å². The predicted octanol–water partition coefficient (Wildman–Crippen LogP) is 2.19. The number of esters is 1. The molecule has 0 radical (unpaired) electrons. The van der Waals surface area contributed by atoms with Crippen molar-refractivity contribution in [3.63, 3.8) is 0 Å². The Morgan fingerprint density at radius 2 is 1.78 bits per heavy atom. The van der Waals surface area contributed by atoms with Crippen molar-refractivity contribution >= 4 is 17.7 Å². The van der Waals surface area contributed by atoms with Crippen molar-refractivity contribution < 1.29 is 19.1 Å². The topological polar surface area (TPSA) is 63.7 Å². The lowest BCUT2D eigenvalue weighted by atomic mass is 9.86. The van der Waals surface area contributed by atoms with Crippen molar-refractivity contribution in [1.82, 2.24) is 4.90 Å². The number of ketones is 1. The maximum atomic E-state index is 12.6. The van der Waals surface area contributed by atoms with Crippen LogP contribution >= 0.6 is 0 Å². The normalized spacial score (nSPS) is 18.7. The van der Waals surface area contributed by atoms with Gasteiger partial charge in [-0.1, -0.05) is 32.9 Å². The molecule has 1 saturated heterocycles. The van der Waals surface area contributed by atoms with Crippen molar-refractivity contribution in [3.8, 4) is 0 Å². The van der Waals surface area contributed by atoms with E-state index in [2.05, 4.69) is 25.5 Å². The summed E-state index contributed by atoms with van der Waals surface area (Å²) in [6, 6.07) is 7.49. The maximum absolute atomic E-state index is 12.6. The fraction of sp³-hybridized carbons (Fsp3) is 0.500. The summed E-state index contributed by atoms with van der Waals surface area (Å²) in [7, 11) is 1.25. The number of likely N-dealkylation sites (tertiary alicyclic amines) is 1. The number of amides is 1. The van der Waals surface area contributed by atoms with Crippen LogP contribution in [0.15, 0.2) is 24.3 Å². The van der Waals surface area contributed by atoms with Crippen LogP contribution in [0, 0.1) is 5.92 Å². The van der Waals surface area contributed by atoms with Gasteiger partial charge in [-0.15, -0.1) is 0 Å². The number of hydrogen-bond acceptors (Lipinski definition) is 4. The molecule has 1 heterocycles. The van der Waals surface area contributed by atoms with E-state index in [-0.39, 0.29) is 30.1 Å². The number of Topliss-reactive ketones (excluding diaryl/α,β-unsaturated/α-hetero) is 1. The van der Waals surface area contributed by atoms with E-state index in [9.17, 15) is 14.4 Å². The minimum atomic E-state index is -0.869. The van der Waals surface area contributed by atoms with Crippen molar-refractivity contribution in [1.29, 1.82) is 0 Å². The molecule has 1 aromatic carbocycles. The Bertz CT molecular complexity index is 605. The molecule has 1 fully saturated rings. The van der Waals surface area contributed by atoms with E-state index in [4.69, 9.17) is 0 Å². The minimum Gasteiger partial charge on any atom is -0.468 e. The number of benzene rings is 1. The first kappa shape index (κ1) is 17.2. The predicted molar refractivity (Wildman–Crippen MR) is 86.2 cm³/mol. The Kier molecular flexibility index (Phi) is 4.88. The highest BCUT2D eigenvalue weighted by Gasteiger charge is 2.35. The smallest absolute Gasteiger partial charge is 0.318 e. The monoisotopic (exact) mass is 317 g/mol. The van der Waals surface area contributed by atoms with Gasteiger partial charge in [0.25, 0.3) is 5.91 Å². The molecule has 0 aromatic heterocycles. The summed E-state index contributed by atoms with van der Waals surface area (Å²) >= 11 is 0. The van der Waals surface area contributed by atoms with Crippen LogP contribution in [0.4, 0.5) is 0 Å². The minimum absolute atomic E-state index is 0.0229. The van der Waals surface area contributed by atoms with Crippen LogP contribution in [-0.4, -0.2) is 42.8 Å². The highest BCUT2D eigenvalue weighted by Crippen LogP contribution is 2.23. The van der Waals surface area contributed by atoms with Gasteiger partial charge in [-0.05, 0) is 23.1 Å². The van der Waals surface area contributed by atoms with Gasteiger partial charge in [0, 0.05) is 25.1 Å². The average Bonchev–Trinajstić information content (AvgIpc) is 2.53. The molecule has 5 nitrogen and oxygen atoms in total. The largest absolute Gasteiger partial charge is 0.468 e. The van der Waals surface area contributed by atoms with E-state index >= 15 is 0 Å². The lowest BCUT2D eigenvalue weighted by Gasteiger charge is -2.30. The number of nitrogens with zero attached hydrogens (tertiary/aromatic N) is 1. The average molecular weight is 317 g/mol. The van der Waals surface area contributed by atoms with Gasteiger partial charge in [-0.2, -0.15) is 0 Å². The van der Waals surface area contributed by atoms with Gasteiger partial charge >= 0.3 is 5.97 Å². The molecule has 5 heteroatoms. The zero-order valence-corrected chi connectivity index (χ0v) is 14.1. The van der Waals surface area contributed by atoms with E-state index in [0.29, 0.717) is 12.1 Å². The Morgan fingerprint density at radius 3 is 2.30 bits per heavy atom. The van der Waals surface area contributed by atoms with Crippen LogP contribution in [-0.2, 0) is 19.7 Å². The van der Waals surface area contributed by atoms with Gasteiger partial charge < -0.3 is 9.64 Å². The molecule has 23 heavy (non-hydrogen) atoms. The first-order valence-corrected chi connectivity index (χ1v) is 7.74. The molecular weight excluding hydrogens is 294 g/mol. The molecule has 124 valence electrons. The highest BCUT2D eigenvalue weighted by molar-refractivity contribution is 6.02. The van der Waals surface area contributed by atoms with Gasteiger partial charge in [0.1, 0.15) is 5.92 Å². The molecule has 0 N–H and O–H groups in total. The molecule has 1 aliphatic rings. The fourth-order valence-corrected chi connectivity index (χ4v) is 2.66. The number of hydrogen-bond donors (Lipinski definition) is 0. The summed E-state index contributed by atoms with van der Waals surface area (Å²) in [5, 5.41) is 0. The van der Waals surface area contributed by atoms with Gasteiger partial charge in [0.15, 0.2) is 5.78 Å². The number of methoxy groups -OCH3 is 1. The Labute approximate surface area is 136 Å². The van der Waals surface area contributed by atoms with Crippen molar-refractivity contribution in [3.05, 3.63) is 35.4 Å². The number of piperidine rings is 1. The number of ether oxygens (including phenoxy) is 1. The van der Waals surface area contributed by atoms with Crippen LogP contribution in [0.25, 0.3) is 0 Å². The maximum Gasteiger partial charge on any atom is 0.318 e. The third kappa shape index (κ3) is 3.78. The van der Waals surface area contributed by atoms with E-state index in [1.807, 2.05) is 12.1 Å². The summed E-state index contributed by atoms with van der Waals surface area (Å²) in [4.78, 5) is 37.6. The summed E-state index contributed by atoms with van der Waals surface area (Å²) < 4.78 is 4.65. The first-order valence-electron chi connectivity index (χ1n) is 7.74. The van der Waals surface area contributed by atoms with Crippen molar-refractivity contribution in [2.75, 3.05) is 20.2 Å². The third-order valence-electron chi connectivity index (χ3n) is 4.19. The van der Waals surface area contributed by atoms with Crippen LogP contribution in [0.2, 0.25) is 0 Å². The first-order chi connectivity index (χ1) is 10.7. The second-order valence-electron chi connectivity index (χ2n) is 6.87. The fourth-order valence-electron chi connectivity index (χ4n) is 2.66. The zero-order chi connectivity index (χ0) is 17.2. The molecule has 0 aliphatic carbocycles. The van der Waals surface area contributed by atoms with Crippen molar-refractivity contribution in [2.45, 2.75) is 32.6 Å². The van der Waals surface area contributed by atoms with Crippen LogP contribution in [0.5, 0.6) is 0 Å². The van der Waals surface area contributed by atoms with Crippen LogP contribution < -0.4 is 0 Å². The van der Waals surface area contributed by atoms with Crippen LogP contribution in [0.1, 0.15) is 43.1 Å². The number of rotatable bonds is 2. The van der Waals surface area contributed by atoms with Gasteiger partial charge in [0.2, 0.25) is 0 Å². The summed E-state index contributed by atoms with van der Waals surface area (Å²) in [6.07, 6.45) is 0.186. The summed E-state index contributed by atoms with van der Waals surface area (Å²) in [6.45, 7) is 6.76. The van der Waals surface area contributed by atoms with E-state index in [1.165, 1.54) is 7.11 Å². The molecule has 1 aliphatic heterocycles. The molecule has 1 unspecified atom stereocenters. The Hall–Kier alpha value is -2.17. The SMILES string of the molecule is COC(=O)C1CN(C(=O)c2ccc(C(C)(C)C)cc2)CCC1=O. The molecule has 0 saturated carbocycles. The molecule has 1 amide bonds. The third-order valence-corrected chi connectivity index (χ3v) is 4.19. The standard InChI is InChI=1S/C18H23NO4/c1-18(2,3)13-7-5-12(6-8-13)16(21)19-10-9-15(20)14(11-19)17(22)23-4/h5-8,14H,9-11H2,1-4H3. The Morgan fingerprint density at radius 1 is 1.17 bits per heavy atom. The molecule has 2 rings (SSSR count). The summed E-state index contributed by atoms with van der Waals surface area (Å²) in [5.41, 5.74) is 1.74. The second kappa shape index (κ2) is 6.52. The van der Waals surface area contributed by atoms with Gasteiger partial charge in [0.05, 0.1) is 7.11 Å². The van der Waals surface area contributed by atoms with Crippen molar-refractivity contribution in [2.24, 2.45) is 5.92 Å². The molecular formula is C18H23NO4. The second-order valence-corrected chi connectivity index (χ2v) is 6.87. The molecule has 0 bridgehead atoms. The number of carbonyl (C=O) groups excluding carboxylic acids is 3. The van der Waals surface area contributed by atoms with Crippen LogP contribution in [0.3, 0.4) is 0 Å². The Balaban J connectivity index is 2.14. The molecule has 1 aromatic rings. The quantitative estimate of drug-likeness (QED) is 0.619. The molecule has 0 spiro atoms. The highest BCUT2D eigenvalue weighted by atomic mass is 16.5.